The number of nitrogens with zero attached hydrogens (tertiary/aromatic N) is 2. The van der Waals surface area contributed by atoms with Gasteiger partial charge in [-0.2, -0.15) is 0 Å². The van der Waals surface area contributed by atoms with Gasteiger partial charge in [0.15, 0.2) is 0 Å². The average molecular weight is 457 g/mol. The van der Waals surface area contributed by atoms with Crippen LogP contribution in [0, 0.1) is 6.92 Å². The molecule has 1 aliphatic rings. The molecule has 2 aromatic rings. The zero-order valence-corrected chi connectivity index (χ0v) is 20.1. The molecule has 1 fully saturated rings. The fourth-order valence-electron chi connectivity index (χ4n) is 3.85. The third kappa shape index (κ3) is 5.22. The number of rotatable bonds is 10. The molecule has 2 heterocycles. The maximum Gasteiger partial charge on any atom is 0.295 e. The summed E-state index contributed by atoms with van der Waals surface area (Å²) in [5.74, 6) is -0.569. The standard InChI is InChI=1S/C25H32N2O4S/c1-5-6-14-31-19-11-10-18(16-17(19)2)23(28)21-22(20-9-7-15-32-20)27(25(30)24(21)29)13-8-12-26(3)4/h7,9-11,15-16,22,28H,5-6,8,12-14H2,1-4H3/b23-21+/t22-/m0/s1. The van der Waals surface area contributed by atoms with E-state index in [9.17, 15) is 14.7 Å². The van der Waals surface area contributed by atoms with Gasteiger partial charge in [0.2, 0.25) is 0 Å². The lowest BCUT2D eigenvalue weighted by atomic mass is 9.98. The van der Waals surface area contributed by atoms with Crippen LogP contribution >= 0.6 is 11.3 Å². The molecular formula is C25H32N2O4S. The van der Waals surface area contributed by atoms with Crippen LogP contribution in [0.15, 0.2) is 41.3 Å². The summed E-state index contributed by atoms with van der Waals surface area (Å²) in [5.41, 5.74) is 1.54. The van der Waals surface area contributed by atoms with Gasteiger partial charge in [0.05, 0.1) is 18.2 Å². The van der Waals surface area contributed by atoms with Gasteiger partial charge in [0, 0.05) is 17.0 Å². The van der Waals surface area contributed by atoms with Crippen molar-refractivity contribution in [3.8, 4) is 5.75 Å². The summed E-state index contributed by atoms with van der Waals surface area (Å²) in [5, 5.41) is 13.1. The van der Waals surface area contributed by atoms with Crippen LogP contribution in [-0.4, -0.2) is 60.4 Å². The highest BCUT2D eigenvalue weighted by molar-refractivity contribution is 7.10. The number of aliphatic hydroxyl groups excluding tert-OH is 1. The molecule has 1 aliphatic heterocycles. The topological polar surface area (TPSA) is 70.1 Å². The molecule has 1 aromatic heterocycles. The van der Waals surface area contributed by atoms with Crippen molar-refractivity contribution in [1.82, 2.24) is 9.80 Å². The van der Waals surface area contributed by atoms with Gasteiger partial charge in [-0.1, -0.05) is 19.4 Å². The van der Waals surface area contributed by atoms with E-state index in [4.69, 9.17) is 4.74 Å². The number of hydrogen-bond acceptors (Lipinski definition) is 6. The molecule has 0 unspecified atom stereocenters. The summed E-state index contributed by atoms with van der Waals surface area (Å²) in [6.07, 6.45) is 2.76. The SMILES string of the molecule is CCCCOc1ccc(/C(O)=C2\C(=O)C(=O)N(CCCN(C)C)[C@H]2c2cccs2)cc1C. The number of amides is 1. The zero-order chi connectivity index (χ0) is 23.3. The van der Waals surface area contributed by atoms with Crippen LogP contribution in [0.4, 0.5) is 0 Å². The van der Waals surface area contributed by atoms with Gasteiger partial charge in [-0.3, -0.25) is 9.59 Å². The first kappa shape index (κ1) is 24.0. The van der Waals surface area contributed by atoms with Crippen LogP contribution in [0.25, 0.3) is 5.76 Å². The fraction of sp³-hybridized carbons (Fsp3) is 0.440. The van der Waals surface area contributed by atoms with E-state index < -0.39 is 17.7 Å². The van der Waals surface area contributed by atoms with E-state index in [1.54, 1.807) is 11.0 Å². The molecule has 1 saturated heterocycles. The predicted molar refractivity (Wildman–Crippen MR) is 128 cm³/mol. The molecule has 32 heavy (non-hydrogen) atoms. The molecule has 7 heteroatoms. The minimum absolute atomic E-state index is 0.139. The van der Waals surface area contributed by atoms with Crippen molar-refractivity contribution in [2.24, 2.45) is 0 Å². The number of ether oxygens (including phenoxy) is 1. The number of likely N-dealkylation sites (tertiary alicyclic amines) is 1. The summed E-state index contributed by atoms with van der Waals surface area (Å²) in [7, 11) is 3.95. The van der Waals surface area contributed by atoms with Crippen molar-refractivity contribution in [2.75, 3.05) is 33.8 Å². The van der Waals surface area contributed by atoms with E-state index in [0.717, 1.165) is 42.0 Å². The van der Waals surface area contributed by atoms with Crippen LogP contribution in [-0.2, 0) is 9.59 Å². The van der Waals surface area contributed by atoms with Gasteiger partial charge in [-0.05, 0) is 75.6 Å². The number of carbonyl (C=O) groups is 2. The van der Waals surface area contributed by atoms with E-state index in [-0.39, 0.29) is 11.3 Å². The summed E-state index contributed by atoms with van der Waals surface area (Å²) in [6, 6.07) is 8.59. The van der Waals surface area contributed by atoms with Crippen LogP contribution in [0.2, 0.25) is 0 Å². The third-order valence-electron chi connectivity index (χ3n) is 5.56. The minimum Gasteiger partial charge on any atom is -0.507 e. The number of carbonyl (C=O) groups excluding carboxylic acids is 2. The van der Waals surface area contributed by atoms with Crippen molar-refractivity contribution in [3.63, 3.8) is 0 Å². The van der Waals surface area contributed by atoms with Gasteiger partial charge in [0.1, 0.15) is 11.5 Å². The first-order chi connectivity index (χ1) is 15.3. The summed E-state index contributed by atoms with van der Waals surface area (Å²) in [4.78, 5) is 30.4. The quantitative estimate of drug-likeness (QED) is 0.245. The lowest BCUT2D eigenvalue weighted by Crippen LogP contribution is -2.32. The van der Waals surface area contributed by atoms with Gasteiger partial charge in [0.25, 0.3) is 11.7 Å². The molecule has 0 bridgehead atoms. The molecule has 0 spiro atoms. The second-order valence-electron chi connectivity index (χ2n) is 8.35. The Morgan fingerprint density at radius 1 is 1.22 bits per heavy atom. The number of ketones is 1. The van der Waals surface area contributed by atoms with Crippen LogP contribution in [0.1, 0.15) is 48.2 Å². The van der Waals surface area contributed by atoms with Crippen LogP contribution in [0.3, 0.4) is 0 Å². The molecule has 6 nitrogen and oxygen atoms in total. The highest BCUT2D eigenvalue weighted by Gasteiger charge is 2.46. The Labute approximate surface area is 194 Å². The number of benzene rings is 1. The summed E-state index contributed by atoms with van der Waals surface area (Å²) < 4.78 is 5.81. The smallest absolute Gasteiger partial charge is 0.295 e. The third-order valence-corrected chi connectivity index (χ3v) is 6.49. The first-order valence-electron chi connectivity index (χ1n) is 11.1. The Hall–Kier alpha value is -2.64. The number of Topliss-reactive ketones (excluding diaryl/α,β-unsaturated/α-hetero) is 1. The van der Waals surface area contributed by atoms with E-state index in [1.165, 1.54) is 11.3 Å². The zero-order valence-electron chi connectivity index (χ0n) is 19.3. The fourth-order valence-corrected chi connectivity index (χ4v) is 4.70. The second-order valence-corrected chi connectivity index (χ2v) is 9.33. The number of aryl methyl sites for hydroxylation is 1. The van der Waals surface area contributed by atoms with Crippen molar-refractivity contribution in [1.29, 1.82) is 0 Å². The number of hydrogen-bond donors (Lipinski definition) is 1. The molecule has 1 atom stereocenters. The molecule has 3 rings (SSSR count). The van der Waals surface area contributed by atoms with Crippen LogP contribution < -0.4 is 4.74 Å². The molecule has 0 aliphatic carbocycles. The molecule has 172 valence electrons. The average Bonchev–Trinajstić information content (AvgIpc) is 3.37. The van der Waals surface area contributed by atoms with E-state index in [0.29, 0.717) is 18.7 Å². The van der Waals surface area contributed by atoms with E-state index >= 15 is 0 Å². The maximum atomic E-state index is 13.0. The number of aliphatic hydroxyl groups is 1. The summed E-state index contributed by atoms with van der Waals surface area (Å²) in [6.45, 7) is 5.91. The predicted octanol–water partition coefficient (Wildman–Crippen LogP) is 4.61. The monoisotopic (exact) mass is 456 g/mol. The van der Waals surface area contributed by atoms with Gasteiger partial charge in [-0.15, -0.1) is 11.3 Å². The Kier molecular flexibility index (Phi) is 8.10. The van der Waals surface area contributed by atoms with E-state index in [1.807, 2.05) is 55.6 Å². The highest BCUT2D eigenvalue weighted by atomic mass is 32.1. The van der Waals surface area contributed by atoms with Crippen molar-refractivity contribution >= 4 is 28.8 Å². The number of unbranched alkanes of at least 4 members (excludes halogenated alkanes) is 1. The Bertz CT molecular complexity index is 982. The Balaban J connectivity index is 1.96. The Morgan fingerprint density at radius 2 is 2.00 bits per heavy atom. The van der Waals surface area contributed by atoms with E-state index in [2.05, 4.69) is 6.92 Å². The lowest BCUT2D eigenvalue weighted by molar-refractivity contribution is -0.139. The molecule has 0 saturated carbocycles. The summed E-state index contributed by atoms with van der Waals surface area (Å²) >= 11 is 1.48. The first-order valence-corrected chi connectivity index (χ1v) is 11.9. The van der Waals surface area contributed by atoms with Crippen molar-refractivity contribution in [3.05, 3.63) is 57.3 Å². The Morgan fingerprint density at radius 3 is 2.62 bits per heavy atom. The minimum atomic E-state index is -0.633. The normalized spacial score (nSPS) is 18.0. The maximum absolute atomic E-state index is 13.0. The number of thiophene rings is 1. The molecule has 1 amide bonds. The largest absolute Gasteiger partial charge is 0.507 e. The molecule has 1 aromatic carbocycles. The van der Waals surface area contributed by atoms with Gasteiger partial charge in [-0.25, -0.2) is 0 Å². The lowest BCUT2D eigenvalue weighted by Gasteiger charge is -2.24. The van der Waals surface area contributed by atoms with Crippen LogP contribution in [0.5, 0.6) is 5.75 Å². The van der Waals surface area contributed by atoms with Crippen molar-refractivity contribution in [2.45, 2.75) is 39.2 Å². The molecule has 1 N–H and O–H groups in total. The molecular weight excluding hydrogens is 424 g/mol. The second kappa shape index (κ2) is 10.8. The van der Waals surface area contributed by atoms with Crippen molar-refractivity contribution < 1.29 is 19.4 Å². The highest BCUT2D eigenvalue weighted by Crippen LogP contribution is 2.41. The van der Waals surface area contributed by atoms with Gasteiger partial charge < -0.3 is 19.6 Å². The molecule has 0 radical (unpaired) electrons. The van der Waals surface area contributed by atoms with Gasteiger partial charge >= 0.3 is 0 Å².